The summed E-state index contributed by atoms with van der Waals surface area (Å²) in [4.78, 5) is 25.7. The van der Waals surface area contributed by atoms with E-state index in [1.165, 1.54) is 31.5 Å². The maximum atomic E-state index is 14.8. The SMILES string of the molecule is C=N/C=C(\C=C(/C)c1ccc2[nH]nc(C(=O)Nc3cnc(N4CCOCC4)c(F)c3)c2c1)CN1CCCCC1. The Kier molecular flexibility index (Phi) is 8.43. The van der Waals surface area contributed by atoms with Crippen LogP contribution in [0.15, 0.2) is 53.3 Å². The highest BCUT2D eigenvalue weighted by Gasteiger charge is 2.19. The Morgan fingerprint density at radius 2 is 2.00 bits per heavy atom. The summed E-state index contributed by atoms with van der Waals surface area (Å²) in [5, 5.41) is 10.6. The summed E-state index contributed by atoms with van der Waals surface area (Å²) in [6.07, 6.45) is 9.12. The van der Waals surface area contributed by atoms with Crippen molar-refractivity contribution >= 4 is 40.6 Å². The third kappa shape index (κ3) is 6.40. The van der Waals surface area contributed by atoms with Crippen molar-refractivity contribution < 1.29 is 13.9 Å². The molecule has 9 nitrogen and oxygen atoms in total. The van der Waals surface area contributed by atoms with Gasteiger partial charge in [0.25, 0.3) is 5.91 Å². The fourth-order valence-corrected chi connectivity index (χ4v) is 5.11. The number of nitrogens with zero attached hydrogens (tertiary/aromatic N) is 5. The van der Waals surface area contributed by atoms with Gasteiger partial charge < -0.3 is 15.0 Å². The maximum absolute atomic E-state index is 14.8. The van der Waals surface area contributed by atoms with Crippen LogP contribution in [-0.4, -0.2) is 78.6 Å². The van der Waals surface area contributed by atoms with Gasteiger partial charge >= 0.3 is 0 Å². The predicted octanol–water partition coefficient (Wildman–Crippen LogP) is 4.66. The number of nitrogens with one attached hydrogen (secondary N) is 2. The van der Waals surface area contributed by atoms with Crippen LogP contribution in [0.4, 0.5) is 15.9 Å². The molecule has 0 unspecified atom stereocenters. The Hall–Kier alpha value is -3.89. The molecule has 0 saturated carbocycles. The van der Waals surface area contributed by atoms with Gasteiger partial charge in [0.05, 0.1) is 30.6 Å². The molecule has 0 atom stereocenters. The molecule has 2 aliphatic rings. The number of carbonyl (C=O) groups is 1. The first-order valence-electron chi connectivity index (χ1n) is 13.4. The van der Waals surface area contributed by atoms with Crippen LogP contribution in [-0.2, 0) is 4.74 Å². The third-order valence-electron chi connectivity index (χ3n) is 7.14. The molecule has 2 aliphatic heterocycles. The minimum atomic E-state index is -0.493. The maximum Gasteiger partial charge on any atom is 0.276 e. The first kappa shape index (κ1) is 26.7. The van der Waals surface area contributed by atoms with E-state index < -0.39 is 11.7 Å². The van der Waals surface area contributed by atoms with Crippen molar-refractivity contribution in [3.63, 3.8) is 0 Å². The summed E-state index contributed by atoms with van der Waals surface area (Å²) in [7, 11) is 0. The number of ether oxygens (including phenoxy) is 1. The van der Waals surface area contributed by atoms with Crippen molar-refractivity contribution in [2.75, 3.05) is 56.2 Å². The summed E-state index contributed by atoms with van der Waals surface area (Å²) >= 11 is 0. The van der Waals surface area contributed by atoms with Crippen LogP contribution in [0.5, 0.6) is 0 Å². The number of allylic oxidation sites excluding steroid dienone is 1. The molecule has 0 aliphatic carbocycles. The van der Waals surface area contributed by atoms with Crippen molar-refractivity contribution in [2.24, 2.45) is 4.99 Å². The molecule has 39 heavy (non-hydrogen) atoms. The summed E-state index contributed by atoms with van der Waals surface area (Å²) in [6.45, 7) is 10.9. The number of morpholine rings is 1. The van der Waals surface area contributed by atoms with Gasteiger partial charge in [-0.2, -0.15) is 5.10 Å². The number of hydrogen-bond donors (Lipinski definition) is 2. The van der Waals surface area contributed by atoms with Crippen molar-refractivity contribution in [3.05, 3.63) is 65.4 Å². The molecule has 10 heteroatoms. The number of aromatic amines is 1. The molecule has 4 heterocycles. The van der Waals surface area contributed by atoms with Crippen LogP contribution >= 0.6 is 0 Å². The van der Waals surface area contributed by atoms with Gasteiger partial charge in [-0.3, -0.25) is 19.8 Å². The number of piperidine rings is 1. The number of aliphatic imine (C=N–C) groups is 1. The molecule has 0 spiro atoms. The number of halogens is 1. The van der Waals surface area contributed by atoms with Gasteiger partial charge in [-0.25, -0.2) is 9.37 Å². The number of rotatable bonds is 8. The average molecular weight is 532 g/mol. The molecule has 0 radical (unpaired) electrons. The first-order valence-corrected chi connectivity index (χ1v) is 13.4. The lowest BCUT2D eigenvalue weighted by atomic mass is 10.0. The molecule has 1 amide bonds. The summed E-state index contributed by atoms with van der Waals surface area (Å²) < 4.78 is 20.1. The number of fused-ring (bicyclic) bond motifs is 1. The van der Waals surface area contributed by atoms with Gasteiger partial charge in [0.1, 0.15) is 0 Å². The van der Waals surface area contributed by atoms with E-state index in [0.717, 1.165) is 41.9 Å². The highest BCUT2D eigenvalue weighted by atomic mass is 19.1. The van der Waals surface area contributed by atoms with E-state index in [1.54, 1.807) is 0 Å². The third-order valence-corrected chi connectivity index (χ3v) is 7.14. The molecule has 3 aromatic rings. The molecule has 1 aromatic carbocycles. The van der Waals surface area contributed by atoms with Crippen molar-refractivity contribution in [1.29, 1.82) is 0 Å². The zero-order valence-electron chi connectivity index (χ0n) is 22.3. The van der Waals surface area contributed by atoms with Gasteiger partial charge in [-0.1, -0.05) is 18.6 Å². The number of benzene rings is 1. The van der Waals surface area contributed by atoms with Crippen LogP contribution in [0, 0.1) is 5.82 Å². The number of carbonyl (C=O) groups excluding carboxylic acids is 1. The second-order valence-electron chi connectivity index (χ2n) is 9.97. The van der Waals surface area contributed by atoms with Crippen LogP contribution in [0.1, 0.15) is 42.2 Å². The second-order valence-corrected chi connectivity index (χ2v) is 9.97. The normalized spacial score (nSPS) is 17.4. The zero-order chi connectivity index (χ0) is 27.2. The molecule has 204 valence electrons. The topological polar surface area (TPSA) is 98.7 Å². The Morgan fingerprint density at radius 3 is 2.74 bits per heavy atom. The second kappa shape index (κ2) is 12.3. The Balaban J connectivity index is 1.33. The molecular weight excluding hydrogens is 497 g/mol. The van der Waals surface area contributed by atoms with Crippen molar-refractivity contribution in [1.82, 2.24) is 20.1 Å². The van der Waals surface area contributed by atoms with Crippen LogP contribution in [0.3, 0.4) is 0 Å². The number of H-pyrrole nitrogens is 1. The number of likely N-dealkylation sites (tertiary alicyclic amines) is 1. The lowest BCUT2D eigenvalue weighted by molar-refractivity contribution is 0.102. The Labute approximate surface area is 227 Å². The quantitative estimate of drug-likeness (QED) is 0.324. The standard InChI is InChI=1S/C29H34FN7O2/c1-20(14-21(17-31-2)19-36-8-4-3-5-9-36)22-6-7-26-24(15-22)27(35-34-26)29(38)33-23-16-25(30)28(32-18-23)37-10-12-39-13-11-37/h6-7,14-18H,2-5,8-13,19H2,1H3,(H,33,38)(H,34,35)/b20-14+,21-17+. The van der Waals surface area contributed by atoms with E-state index in [4.69, 9.17) is 4.74 Å². The largest absolute Gasteiger partial charge is 0.378 e. The van der Waals surface area contributed by atoms with E-state index in [0.29, 0.717) is 31.7 Å². The Bertz CT molecular complexity index is 1400. The van der Waals surface area contributed by atoms with Crippen LogP contribution in [0.2, 0.25) is 0 Å². The Morgan fingerprint density at radius 1 is 1.21 bits per heavy atom. The highest BCUT2D eigenvalue weighted by Crippen LogP contribution is 2.26. The van der Waals surface area contributed by atoms with E-state index in [-0.39, 0.29) is 17.2 Å². The summed E-state index contributed by atoms with van der Waals surface area (Å²) in [6, 6.07) is 7.13. The van der Waals surface area contributed by atoms with E-state index in [2.05, 4.69) is 43.2 Å². The number of anilines is 2. The molecule has 2 N–H and O–H groups in total. The van der Waals surface area contributed by atoms with Gasteiger partial charge in [0, 0.05) is 37.3 Å². The molecule has 0 bridgehead atoms. The minimum Gasteiger partial charge on any atom is -0.378 e. The number of aromatic nitrogens is 3. The lowest BCUT2D eigenvalue weighted by Crippen LogP contribution is -2.37. The highest BCUT2D eigenvalue weighted by molar-refractivity contribution is 6.11. The zero-order valence-corrected chi connectivity index (χ0v) is 22.3. The molecule has 2 saturated heterocycles. The van der Waals surface area contributed by atoms with E-state index in [1.807, 2.05) is 36.2 Å². The number of amides is 1. The average Bonchev–Trinajstić information content (AvgIpc) is 3.38. The molecule has 2 fully saturated rings. The number of hydrogen-bond acceptors (Lipinski definition) is 7. The fourth-order valence-electron chi connectivity index (χ4n) is 5.11. The van der Waals surface area contributed by atoms with Crippen molar-refractivity contribution in [2.45, 2.75) is 26.2 Å². The van der Waals surface area contributed by atoms with Crippen LogP contribution < -0.4 is 10.2 Å². The number of pyridine rings is 1. The first-order chi connectivity index (χ1) is 19.0. The molecular formula is C29H34FN7O2. The summed E-state index contributed by atoms with van der Waals surface area (Å²) in [5.74, 6) is -0.678. The van der Waals surface area contributed by atoms with Crippen LogP contribution in [0.25, 0.3) is 16.5 Å². The molecule has 5 rings (SSSR count). The van der Waals surface area contributed by atoms with Crippen molar-refractivity contribution in [3.8, 4) is 0 Å². The van der Waals surface area contributed by atoms with Gasteiger partial charge in [0.2, 0.25) is 0 Å². The van der Waals surface area contributed by atoms with E-state index >= 15 is 0 Å². The fraction of sp³-hybridized carbons (Fsp3) is 0.379. The minimum absolute atomic E-state index is 0.231. The van der Waals surface area contributed by atoms with E-state index in [9.17, 15) is 9.18 Å². The molecule has 2 aromatic heterocycles. The predicted molar refractivity (Wildman–Crippen MR) is 153 cm³/mol. The van der Waals surface area contributed by atoms with Gasteiger partial charge in [0.15, 0.2) is 17.3 Å². The smallest absolute Gasteiger partial charge is 0.276 e. The van der Waals surface area contributed by atoms with Gasteiger partial charge in [-0.15, -0.1) is 0 Å². The summed E-state index contributed by atoms with van der Waals surface area (Å²) in [5.41, 5.74) is 4.33. The lowest BCUT2D eigenvalue weighted by Gasteiger charge is -2.28. The van der Waals surface area contributed by atoms with Gasteiger partial charge in [-0.05, 0) is 68.4 Å². The monoisotopic (exact) mass is 531 g/mol.